The van der Waals surface area contributed by atoms with Crippen molar-refractivity contribution in [3.05, 3.63) is 54.1 Å². The summed E-state index contributed by atoms with van der Waals surface area (Å²) in [6, 6.07) is 12.2. The van der Waals surface area contributed by atoms with E-state index in [1.807, 2.05) is 0 Å². The minimum absolute atomic E-state index is 0.0220. The van der Waals surface area contributed by atoms with Crippen LogP contribution >= 0.6 is 0 Å². The molecule has 1 aliphatic carbocycles. The lowest BCUT2D eigenvalue weighted by atomic mass is 9.57. The molecule has 0 radical (unpaired) electrons. The molecule has 2 aromatic rings. The van der Waals surface area contributed by atoms with Crippen LogP contribution in [0.3, 0.4) is 0 Å². The van der Waals surface area contributed by atoms with Gasteiger partial charge in [-0.1, -0.05) is 24.3 Å². The number of esters is 1. The van der Waals surface area contributed by atoms with Crippen LogP contribution in [0.25, 0.3) is 0 Å². The summed E-state index contributed by atoms with van der Waals surface area (Å²) < 4.78 is 72.6. The lowest BCUT2D eigenvalue weighted by Crippen LogP contribution is -2.61. The van der Waals surface area contributed by atoms with Gasteiger partial charge in [0.05, 0.1) is 43.8 Å². The highest BCUT2D eigenvalue weighted by Gasteiger charge is 2.76. The summed E-state index contributed by atoms with van der Waals surface area (Å²) >= 11 is 0. The summed E-state index contributed by atoms with van der Waals surface area (Å²) in [5.41, 5.74) is -3.63. The molecule has 2 aliphatic rings. The van der Waals surface area contributed by atoms with Crippen molar-refractivity contribution in [1.29, 1.82) is 0 Å². The fourth-order valence-corrected chi connectivity index (χ4v) is 7.88. The standard InChI is InChI=1S/C27H31NO11S2/c1-36-21-11-10-18(16-22(21)37-2)27-13-12-19(29)17-26(27,25(31)38-3)23(39-40(4,32)33)24(30)28(27)14-15-41(34,35)20-8-6-5-7-9-20/h5-11,16,23H,12-15,17H2,1-4H3/t23-,26-,27+/m0/s1. The fraction of sp³-hybridized carbons (Fsp3) is 0.444. The monoisotopic (exact) mass is 609 g/mol. The maximum Gasteiger partial charge on any atom is 0.318 e. The van der Waals surface area contributed by atoms with E-state index >= 15 is 0 Å². The quantitative estimate of drug-likeness (QED) is 0.284. The second kappa shape index (κ2) is 11.1. The van der Waals surface area contributed by atoms with Crippen molar-refractivity contribution in [3.63, 3.8) is 0 Å². The number of Topliss-reactive ketones (excluding diaryl/α,β-unsaturated/α-hetero) is 1. The molecule has 1 amide bonds. The Hall–Kier alpha value is -3.49. The molecule has 0 bridgehead atoms. The van der Waals surface area contributed by atoms with Crippen LogP contribution < -0.4 is 9.47 Å². The van der Waals surface area contributed by atoms with Gasteiger partial charge in [0, 0.05) is 19.4 Å². The van der Waals surface area contributed by atoms with Crippen molar-refractivity contribution < 1.29 is 49.6 Å². The number of carbonyl (C=O) groups is 3. The molecular formula is C27H31NO11S2. The summed E-state index contributed by atoms with van der Waals surface area (Å²) in [5, 5.41) is 0. The normalized spacial score (nSPS) is 24.6. The number of ether oxygens (including phenoxy) is 3. The third-order valence-electron chi connectivity index (χ3n) is 7.75. The zero-order valence-electron chi connectivity index (χ0n) is 23.0. The number of hydrogen-bond acceptors (Lipinski definition) is 11. The first-order valence-electron chi connectivity index (χ1n) is 12.6. The topological polar surface area (TPSA) is 160 Å². The van der Waals surface area contributed by atoms with Gasteiger partial charge < -0.3 is 19.1 Å². The number of hydrogen-bond donors (Lipinski definition) is 0. The van der Waals surface area contributed by atoms with Gasteiger partial charge >= 0.3 is 5.97 Å². The van der Waals surface area contributed by atoms with Crippen molar-refractivity contribution in [2.75, 3.05) is 39.9 Å². The number of benzene rings is 2. The number of nitrogens with zero attached hydrogens (tertiary/aromatic N) is 1. The van der Waals surface area contributed by atoms with Gasteiger partial charge in [0.1, 0.15) is 11.2 Å². The molecule has 0 N–H and O–H groups in total. The Morgan fingerprint density at radius 3 is 2.22 bits per heavy atom. The van der Waals surface area contributed by atoms with Crippen molar-refractivity contribution in [2.24, 2.45) is 5.41 Å². The first-order chi connectivity index (χ1) is 19.3. The number of fused-ring (bicyclic) bond motifs is 1. The summed E-state index contributed by atoms with van der Waals surface area (Å²) in [6.45, 7) is -0.443. The van der Waals surface area contributed by atoms with Gasteiger partial charge in [-0.15, -0.1) is 0 Å². The molecule has 0 spiro atoms. The Balaban J connectivity index is 2.00. The van der Waals surface area contributed by atoms with Gasteiger partial charge in [0.15, 0.2) is 27.4 Å². The van der Waals surface area contributed by atoms with Crippen LogP contribution in [-0.2, 0) is 48.8 Å². The van der Waals surface area contributed by atoms with E-state index in [-0.39, 0.29) is 29.1 Å². The third kappa shape index (κ3) is 5.08. The highest BCUT2D eigenvalue weighted by atomic mass is 32.2. The maximum atomic E-state index is 14.2. The Morgan fingerprint density at radius 1 is 0.976 bits per heavy atom. The SMILES string of the molecule is COC(=O)[C@@]12CC(=O)CC[C@]1(c1ccc(OC)c(OC)c1)N(CCS(=O)(=O)c1ccccc1)C(=O)[C@@H]2OS(C)(=O)=O. The third-order valence-corrected chi connectivity index (χ3v) is 10.00. The van der Waals surface area contributed by atoms with Gasteiger partial charge in [-0.25, -0.2) is 8.42 Å². The van der Waals surface area contributed by atoms with Gasteiger partial charge in [-0.2, -0.15) is 8.42 Å². The lowest BCUT2D eigenvalue weighted by Gasteiger charge is -2.50. The molecule has 41 heavy (non-hydrogen) atoms. The molecule has 3 atom stereocenters. The molecule has 14 heteroatoms. The average molecular weight is 610 g/mol. The highest BCUT2D eigenvalue weighted by molar-refractivity contribution is 7.91. The predicted octanol–water partition coefficient (Wildman–Crippen LogP) is 1.47. The van der Waals surface area contributed by atoms with Crippen LogP contribution in [0.4, 0.5) is 0 Å². The largest absolute Gasteiger partial charge is 0.493 e. The van der Waals surface area contributed by atoms with Crippen LogP contribution in [0, 0.1) is 5.41 Å². The van der Waals surface area contributed by atoms with Crippen molar-refractivity contribution in [1.82, 2.24) is 4.90 Å². The Bertz CT molecular complexity index is 1570. The minimum atomic E-state index is -4.36. The average Bonchev–Trinajstić information content (AvgIpc) is 3.15. The molecule has 222 valence electrons. The summed E-state index contributed by atoms with van der Waals surface area (Å²) in [6.07, 6.45) is -2.09. The second-order valence-corrected chi connectivity index (χ2v) is 13.6. The molecule has 1 heterocycles. The number of carbonyl (C=O) groups excluding carboxylic acids is 3. The molecule has 12 nitrogen and oxygen atoms in total. The number of likely N-dealkylation sites (tertiary alicyclic amines) is 1. The van der Waals surface area contributed by atoms with Crippen molar-refractivity contribution in [3.8, 4) is 11.5 Å². The summed E-state index contributed by atoms with van der Waals surface area (Å²) in [7, 11) is -4.43. The molecule has 2 fully saturated rings. The molecule has 1 aliphatic heterocycles. The zero-order valence-corrected chi connectivity index (χ0v) is 24.6. The predicted molar refractivity (Wildman–Crippen MR) is 144 cm³/mol. The zero-order chi connectivity index (χ0) is 30.2. The Morgan fingerprint density at radius 2 is 1.63 bits per heavy atom. The van der Waals surface area contributed by atoms with Crippen molar-refractivity contribution in [2.45, 2.75) is 35.8 Å². The molecule has 0 unspecified atom stereocenters. The van der Waals surface area contributed by atoms with Gasteiger partial charge in [-0.05, 0) is 36.2 Å². The van der Waals surface area contributed by atoms with Crippen molar-refractivity contribution >= 4 is 37.6 Å². The lowest BCUT2D eigenvalue weighted by molar-refractivity contribution is -0.172. The van der Waals surface area contributed by atoms with Crippen LogP contribution in [-0.4, -0.2) is 85.4 Å². The molecule has 1 saturated carbocycles. The maximum absolute atomic E-state index is 14.2. The van der Waals surface area contributed by atoms with Crippen LogP contribution in [0.2, 0.25) is 0 Å². The van der Waals surface area contributed by atoms with E-state index in [2.05, 4.69) is 0 Å². The fourth-order valence-electron chi connectivity index (χ4n) is 6.05. The van der Waals surface area contributed by atoms with E-state index in [0.717, 1.165) is 18.3 Å². The van der Waals surface area contributed by atoms with E-state index < -0.39 is 73.4 Å². The minimum Gasteiger partial charge on any atom is -0.493 e. The Labute approximate surface area is 238 Å². The smallest absolute Gasteiger partial charge is 0.318 e. The molecular weight excluding hydrogens is 578 g/mol. The van der Waals surface area contributed by atoms with Gasteiger partial charge in [-0.3, -0.25) is 18.6 Å². The van der Waals surface area contributed by atoms with Gasteiger partial charge in [0.25, 0.3) is 16.0 Å². The first kappa shape index (κ1) is 30.5. The second-order valence-electron chi connectivity index (χ2n) is 9.91. The molecule has 4 rings (SSSR count). The molecule has 2 aromatic carbocycles. The first-order valence-corrected chi connectivity index (χ1v) is 16.0. The highest BCUT2D eigenvalue weighted by Crippen LogP contribution is 2.62. The molecule has 0 aromatic heterocycles. The number of rotatable bonds is 10. The van der Waals surface area contributed by atoms with E-state index in [0.29, 0.717) is 5.75 Å². The van der Waals surface area contributed by atoms with E-state index in [4.69, 9.17) is 18.4 Å². The van der Waals surface area contributed by atoms with Crippen LogP contribution in [0.1, 0.15) is 24.8 Å². The molecule has 1 saturated heterocycles. The summed E-state index contributed by atoms with van der Waals surface area (Å²) in [4.78, 5) is 42.1. The van der Waals surface area contributed by atoms with E-state index in [1.165, 1.54) is 38.5 Å². The van der Waals surface area contributed by atoms with Crippen LogP contribution in [0.5, 0.6) is 11.5 Å². The Kier molecular flexibility index (Phi) is 8.22. The van der Waals surface area contributed by atoms with E-state index in [1.54, 1.807) is 24.3 Å². The summed E-state index contributed by atoms with van der Waals surface area (Å²) in [5.74, 6) is -2.43. The number of amides is 1. The van der Waals surface area contributed by atoms with Crippen LogP contribution in [0.15, 0.2) is 53.4 Å². The van der Waals surface area contributed by atoms with Gasteiger partial charge in [0.2, 0.25) is 0 Å². The number of methoxy groups -OCH3 is 3. The number of sulfone groups is 1. The van der Waals surface area contributed by atoms with E-state index in [9.17, 15) is 31.2 Å². The number of ketones is 1.